The summed E-state index contributed by atoms with van der Waals surface area (Å²) in [5.41, 5.74) is 1.04. The van der Waals surface area contributed by atoms with Crippen LogP contribution in [0, 0.1) is 0 Å². The zero-order valence-electron chi connectivity index (χ0n) is 14.8. The van der Waals surface area contributed by atoms with Crippen molar-refractivity contribution in [1.29, 1.82) is 0 Å². The maximum atomic E-state index is 13.0. The highest BCUT2D eigenvalue weighted by Gasteiger charge is 2.22. The standard InChI is InChI=1S/C19H24N2O2S2.ClH/c1-23-18-7-3-2-5-15(18)12-21(13-17-6-4-9-25-17)19(22)11-16-14-24-10-8-20-16;/h2-7,9,16,20H,8,10-14H2,1H3;1H. The van der Waals surface area contributed by atoms with E-state index in [1.54, 1.807) is 18.4 Å². The molecule has 3 rings (SSSR count). The van der Waals surface area contributed by atoms with Gasteiger partial charge in [-0.2, -0.15) is 11.8 Å². The quantitative estimate of drug-likeness (QED) is 0.750. The van der Waals surface area contributed by atoms with Gasteiger partial charge in [-0.25, -0.2) is 0 Å². The molecule has 142 valence electrons. The average Bonchev–Trinajstić information content (AvgIpc) is 3.15. The maximum absolute atomic E-state index is 13.0. The highest BCUT2D eigenvalue weighted by Crippen LogP contribution is 2.22. The van der Waals surface area contributed by atoms with Gasteiger partial charge in [0.1, 0.15) is 5.75 Å². The Morgan fingerprint density at radius 2 is 2.12 bits per heavy atom. The summed E-state index contributed by atoms with van der Waals surface area (Å²) in [4.78, 5) is 16.1. The van der Waals surface area contributed by atoms with Gasteiger partial charge in [-0.1, -0.05) is 24.3 Å². The number of para-hydroxylation sites is 1. The predicted molar refractivity (Wildman–Crippen MR) is 113 cm³/mol. The number of carbonyl (C=O) groups excluding carboxylic acids is 1. The van der Waals surface area contributed by atoms with E-state index in [1.165, 1.54) is 4.88 Å². The number of ether oxygens (including phenoxy) is 1. The van der Waals surface area contributed by atoms with Crippen molar-refractivity contribution in [1.82, 2.24) is 10.2 Å². The van der Waals surface area contributed by atoms with Gasteiger partial charge in [0.25, 0.3) is 0 Å². The van der Waals surface area contributed by atoms with E-state index in [4.69, 9.17) is 4.74 Å². The Labute approximate surface area is 169 Å². The molecule has 7 heteroatoms. The number of nitrogens with one attached hydrogen (secondary N) is 1. The molecule has 2 aromatic rings. The first-order chi connectivity index (χ1) is 12.3. The van der Waals surface area contributed by atoms with Crippen LogP contribution in [0.3, 0.4) is 0 Å². The molecule has 0 saturated carbocycles. The fourth-order valence-corrected chi connectivity index (χ4v) is 4.62. The van der Waals surface area contributed by atoms with Crippen molar-refractivity contribution in [3.8, 4) is 5.75 Å². The molecule has 1 aliphatic heterocycles. The van der Waals surface area contributed by atoms with Crippen LogP contribution in [-0.2, 0) is 17.9 Å². The second kappa shape index (κ2) is 10.8. The van der Waals surface area contributed by atoms with Gasteiger partial charge >= 0.3 is 0 Å². The van der Waals surface area contributed by atoms with E-state index < -0.39 is 0 Å². The molecule has 1 unspecified atom stereocenters. The maximum Gasteiger partial charge on any atom is 0.224 e. The lowest BCUT2D eigenvalue weighted by Crippen LogP contribution is -2.42. The molecule has 1 N–H and O–H groups in total. The monoisotopic (exact) mass is 412 g/mol. The van der Waals surface area contributed by atoms with Crippen LogP contribution in [0.5, 0.6) is 5.75 Å². The summed E-state index contributed by atoms with van der Waals surface area (Å²) in [5, 5.41) is 5.52. The van der Waals surface area contributed by atoms with Crippen molar-refractivity contribution in [3.05, 3.63) is 52.2 Å². The van der Waals surface area contributed by atoms with E-state index in [0.717, 1.165) is 29.4 Å². The third-order valence-electron chi connectivity index (χ3n) is 4.25. The highest BCUT2D eigenvalue weighted by atomic mass is 35.5. The number of thioether (sulfide) groups is 1. The first-order valence-corrected chi connectivity index (χ1v) is 10.5. The molecule has 4 nitrogen and oxygen atoms in total. The lowest BCUT2D eigenvalue weighted by molar-refractivity contribution is -0.132. The van der Waals surface area contributed by atoms with Gasteiger partial charge in [0.2, 0.25) is 5.91 Å². The lowest BCUT2D eigenvalue weighted by Gasteiger charge is -2.28. The molecule has 0 bridgehead atoms. The summed E-state index contributed by atoms with van der Waals surface area (Å²) in [5.74, 6) is 3.16. The number of methoxy groups -OCH3 is 1. The van der Waals surface area contributed by atoms with Crippen molar-refractivity contribution < 1.29 is 9.53 Å². The van der Waals surface area contributed by atoms with Crippen molar-refractivity contribution >= 4 is 41.4 Å². The molecule has 2 heterocycles. The minimum atomic E-state index is 0. The third-order valence-corrected chi connectivity index (χ3v) is 6.24. The van der Waals surface area contributed by atoms with Crippen molar-refractivity contribution in [2.24, 2.45) is 0 Å². The Hall–Kier alpha value is -1.21. The van der Waals surface area contributed by atoms with Crippen LogP contribution in [-0.4, -0.2) is 42.0 Å². The smallest absolute Gasteiger partial charge is 0.224 e. The van der Waals surface area contributed by atoms with E-state index in [2.05, 4.69) is 16.8 Å². The van der Waals surface area contributed by atoms with Crippen LogP contribution in [0.4, 0.5) is 0 Å². The fourth-order valence-electron chi connectivity index (χ4n) is 2.95. The molecule has 1 amide bonds. The summed E-state index contributed by atoms with van der Waals surface area (Å²) in [7, 11) is 1.67. The van der Waals surface area contributed by atoms with E-state index in [-0.39, 0.29) is 24.4 Å². The van der Waals surface area contributed by atoms with Crippen LogP contribution in [0.25, 0.3) is 0 Å². The Morgan fingerprint density at radius 1 is 1.27 bits per heavy atom. The number of benzene rings is 1. The third kappa shape index (κ3) is 5.91. The van der Waals surface area contributed by atoms with Crippen LogP contribution in [0.1, 0.15) is 16.9 Å². The molecule has 1 aliphatic rings. The van der Waals surface area contributed by atoms with Gasteiger partial charge in [0, 0.05) is 47.5 Å². The molecule has 1 fully saturated rings. The van der Waals surface area contributed by atoms with Crippen LogP contribution < -0.4 is 10.1 Å². The Balaban J connectivity index is 0.00000243. The molecule has 1 aromatic carbocycles. The first kappa shape index (κ1) is 21.1. The number of rotatable bonds is 7. The minimum Gasteiger partial charge on any atom is -0.496 e. The minimum absolute atomic E-state index is 0. The van der Waals surface area contributed by atoms with E-state index in [0.29, 0.717) is 19.5 Å². The summed E-state index contributed by atoms with van der Waals surface area (Å²) in [6.45, 7) is 2.20. The van der Waals surface area contributed by atoms with E-state index >= 15 is 0 Å². The summed E-state index contributed by atoms with van der Waals surface area (Å²) in [6, 6.07) is 12.3. The summed E-state index contributed by atoms with van der Waals surface area (Å²) in [6.07, 6.45) is 0.549. The van der Waals surface area contributed by atoms with E-state index in [9.17, 15) is 4.79 Å². The average molecular weight is 413 g/mol. The van der Waals surface area contributed by atoms with Gasteiger partial charge in [0.05, 0.1) is 13.7 Å². The Bertz CT molecular complexity index is 676. The van der Waals surface area contributed by atoms with Gasteiger partial charge in [-0.15, -0.1) is 23.7 Å². The highest BCUT2D eigenvalue weighted by molar-refractivity contribution is 7.99. The van der Waals surface area contributed by atoms with Gasteiger partial charge < -0.3 is 15.0 Å². The van der Waals surface area contributed by atoms with Gasteiger partial charge in [-0.05, 0) is 17.5 Å². The van der Waals surface area contributed by atoms with Crippen molar-refractivity contribution in [2.45, 2.75) is 25.6 Å². The molecule has 1 saturated heterocycles. The van der Waals surface area contributed by atoms with Crippen molar-refractivity contribution in [2.75, 3.05) is 25.2 Å². The molecular weight excluding hydrogens is 388 g/mol. The number of amides is 1. The van der Waals surface area contributed by atoms with Crippen molar-refractivity contribution in [3.63, 3.8) is 0 Å². The molecule has 26 heavy (non-hydrogen) atoms. The lowest BCUT2D eigenvalue weighted by atomic mass is 10.1. The zero-order chi connectivity index (χ0) is 17.5. The largest absolute Gasteiger partial charge is 0.496 e. The second-order valence-corrected chi connectivity index (χ2v) is 8.25. The fraction of sp³-hybridized carbons (Fsp3) is 0.421. The molecule has 0 radical (unpaired) electrons. The van der Waals surface area contributed by atoms with Gasteiger partial charge in [0.15, 0.2) is 0 Å². The summed E-state index contributed by atoms with van der Waals surface area (Å²) < 4.78 is 5.46. The molecule has 1 aromatic heterocycles. The van der Waals surface area contributed by atoms with E-state index in [1.807, 2.05) is 47.0 Å². The van der Waals surface area contributed by atoms with Crippen LogP contribution in [0.2, 0.25) is 0 Å². The number of thiophene rings is 1. The number of hydrogen-bond acceptors (Lipinski definition) is 5. The number of carbonyl (C=O) groups is 1. The topological polar surface area (TPSA) is 41.6 Å². The molecule has 1 atom stereocenters. The number of halogens is 1. The number of hydrogen-bond donors (Lipinski definition) is 1. The second-order valence-electron chi connectivity index (χ2n) is 6.07. The number of nitrogens with zero attached hydrogens (tertiary/aromatic N) is 1. The molecular formula is C19H25ClN2O2S2. The van der Waals surface area contributed by atoms with Crippen LogP contribution >= 0.6 is 35.5 Å². The molecule has 0 spiro atoms. The van der Waals surface area contributed by atoms with Gasteiger partial charge in [-0.3, -0.25) is 4.79 Å². The SMILES string of the molecule is COc1ccccc1CN(Cc1cccs1)C(=O)CC1CSCCN1.Cl. The van der Waals surface area contributed by atoms with Crippen LogP contribution in [0.15, 0.2) is 41.8 Å². The normalized spacial score (nSPS) is 16.6. The Kier molecular flexibility index (Phi) is 8.78. The predicted octanol–water partition coefficient (Wildman–Crippen LogP) is 3.80. The molecule has 0 aliphatic carbocycles. The zero-order valence-corrected chi connectivity index (χ0v) is 17.3. The first-order valence-electron chi connectivity index (χ1n) is 8.49. The summed E-state index contributed by atoms with van der Waals surface area (Å²) >= 11 is 3.61. The Morgan fingerprint density at radius 3 is 2.81 bits per heavy atom.